The van der Waals surface area contributed by atoms with Crippen LogP contribution in [0.4, 0.5) is 0 Å². The molecule has 1 fully saturated rings. The molecule has 2 N–H and O–H groups in total. The van der Waals surface area contributed by atoms with E-state index >= 15 is 0 Å². The first-order valence-electron chi connectivity index (χ1n) is 9.77. The van der Waals surface area contributed by atoms with Gasteiger partial charge in [0.25, 0.3) is 5.91 Å². The summed E-state index contributed by atoms with van der Waals surface area (Å²) in [6.45, 7) is 7.85. The summed E-state index contributed by atoms with van der Waals surface area (Å²) in [6.07, 6.45) is 0. The Kier molecular flexibility index (Phi) is 5.53. The van der Waals surface area contributed by atoms with Crippen LogP contribution in [0.5, 0.6) is 0 Å². The third-order valence-corrected chi connectivity index (χ3v) is 5.57. The lowest BCUT2D eigenvalue weighted by atomic mass is 10.1. The van der Waals surface area contributed by atoms with Gasteiger partial charge in [-0.15, -0.1) is 0 Å². The van der Waals surface area contributed by atoms with Crippen LogP contribution in [0.2, 0.25) is 0 Å². The number of piperazine rings is 1. The molecule has 1 saturated heterocycles. The second-order valence-corrected chi connectivity index (χ2v) is 7.67. The Labute approximate surface area is 161 Å². The van der Waals surface area contributed by atoms with Crippen LogP contribution >= 0.6 is 0 Å². The lowest BCUT2D eigenvalue weighted by Crippen LogP contribution is -2.43. The predicted octanol–water partition coefficient (Wildman–Crippen LogP) is 1.97. The van der Waals surface area contributed by atoms with Gasteiger partial charge in [0, 0.05) is 57.9 Å². The Balaban J connectivity index is 1.30. The number of amides is 1. The van der Waals surface area contributed by atoms with Gasteiger partial charge >= 0.3 is 0 Å². The minimum absolute atomic E-state index is 0.0141. The van der Waals surface area contributed by atoms with Crippen LogP contribution in [0, 0.1) is 0 Å². The van der Waals surface area contributed by atoms with Gasteiger partial charge in [-0.3, -0.25) is 9.69 Å². The highest BCUT2D eigenvalue weighted by Gasteiger charge is 2.14. The topological polar surface area (TPSA) is 47.6 Å². The summed E-state index contributed by atoms with van der Waals surface area (Å²) in [5.41, 5.74) is 5.84. The number of fused-ring (bicyclic) bond motifs is 1. The van der Waals surface area contributed by atoms with Gasteiger partial charge in [0.2, 0.25) is 0 Å². The molecule has 5 nitrogen and oxygen atoms in total. The third-order valence-electron chi connectivity index (χ3n) is 5.57. The van der Waals surface area contributed by atoms with E-state index in [1.807, 2.05) is 12.1 Å². The van der Waals surface area contributed by atoms with Crippen LogP contribution in [0.25, 0.3) is 0 Å². The summed E-state index contributed by atoms with van der Waals surface area (Å²) >= 11 is 0. The lowest BCUT2D eigenvalue weighted by molar-refractivity contribution is 0.0951. The van der Waals surface area contributed by atoms with Crippen molar-refractivity contribution in [2.75, 3.05) is 33.2 Å². The molecule has 2 aromatic rings. The number of nitrogens with zero attached hydrogens (tertiary/aromatic N) is 2. The van der Waals surface area contributed by atoms with Gasteiger partial charge < -0.3 is 15.5 Å². The van der Waals surface area contributed by atoms with Crippen LogP contribution < -0.4 is 10.6 Å². The second kappa shape index (κ2) is 8.21. The second-order valence-electron chi connectivity index (χ2n) is 7.67. The van der Waals surface area contributed by atoms with Crippen molar-refractivity contribution in [1.29, 1.82) is 0 Å². The van der Waals surface area contributed by atoms with Crippen molar-refractivity contribution in [3.8, 4) is 0 Å². The molecule has 0 aliphatic carbocycles. The Morgan fingerprint density at radius 3 is 2.44 bits per heavy atom. The van der Waals surface area contributed by atoms with Gasteiger partial charge in [0.15, 0.2) is 0 Å². The first-order valence-corrected chi connectivity index (χ1v) is 9.77. The highest BCUT2D eigenvalue weighted by Crippen LogP contribution is 2.17. The maximum Gasteiger partial charge on any atom is 0.251 e. The van der Waals surface area contributed by atoms with Crippen molar-refractivity contribution in [3.63, 3.8) is 0 Å². The highest BCUT2D eigenvalue weighted by molar-refractivity contribution is 5.94. The number of rotatable bonds is 5. The fourth-order valence-corrected chi connectivity index (χ4v) is 3.77. The van der Waals surface area contributed by atoms with E-state index in [1.165, 1.54) is 16.7 Å². The van der Waals surface area contributed by atoms with Crippen LogP contribution in [0.1, 0.15) is 32.6 Å². The maximum absolute atomic E-state index is 12.4. The largest absolute Gasteiger partial charge is 0.348 e. The molecule has 0 unspecified atom stereocenters. The third kappa shape index (κ3) is 4.56. The van der Waals surface area contributed by atoms with E-state index in [4.69, 9.17) is 0 Å². The number of carbonyl (C=O) groups excluding carboxylic acids is 1. The Bertz CT molecular complexity index is 794. The Hall–Kier alpha value is -2.21. The van der Waals surface area contributed by atoms with Gasteiger partial charge in [-0.25, -0.2) is 0 Å². The van der Waals surface area contributed by atoms with Gasteiger partial charge in [-0.05, 0) is 41.4 Å². The van der Waals surface area contributed by atoms with Gasteiger partial charge in [0.1, 0.15) is 0 Å². The molecule has 2 aliphatic heterocycles. The zero-order chi connectivity index (χ0) is 18.6. The summed E-state index contributed by atoms with van der Waals surface area (Å²) < 4.78 is 0. The van der Waals surface area contributed by atoms with Crippen molar-refractivity contribution in [2.45, 2.75) is 26.2 Å². The molecule has 2 heterocycles. The number of nitrogens with one attached hydrogen (secondary N) is 2. The van der Waals surface area contributed by atoms with E-state index in [0.29, 0.717) is 6.54 Å². The van der Waals surface area contributed by atoms with Crippen molar-refractivity contribution in [2.24, 2.45) is 0 Å². The molecule has 0 atom stereocenters. The Morgan fingerprint density at radius 1 is 0.963 bits per heavy atom. The first kappa shape index (κ1) is 18.2. The number of carbonyl (C=O) groups is 1. The lowest BCUT2D eigenvalue weighted by Gasteiger charge is -2.32. The maximum atomic E-state index is 12.4. The molecule has 0 aromatic heterocycles. The SMILES string of the molecule is CN1CCN(Cc2ccc(C(=O)NCc3ccc4c(c3)CNC4)cc2)CC1. The summed E-state index contributed by atoms with van der Waals surface area (Å²) in [5.74, 6) is -0.0141. The molecular formula is C22H28N4O. The molecule has 1 amide bonds. The summed E-state index contributed by atoms with van der Waals surface area (Å²) in [5, 5.41) is 6.39. The molecule has 2 aromatic carbocycles. The summed E-state index contributed by atoms with van der Waals surface area (Å²) in [7, 11) is 2.17. The minimum Gasteiger partial charge on any atom is -0.348 e. The van der Waals surface area contributed by atoms with Gasteiger partial charge in [-0.1, -0.05) is 30.3 Å². The Morgan fingerprint density at radius 2 is 1.67 bits per heavy atom. The monoisotopic (exact) mass is 364 g/mol. The first-order chi connectivity index (χ1) is 13.2. The van der Waals surface area contributed by atoms with E-state index in [0.717, 1.165) is 56.9 Å². The van der Waals surface area contributed by atoms with Crippen LogP contribution in [0.15, 0.2) is 42.5 Å². The van der Waals surface area contributed by atoms with Crippen LogP contribution in [-0.4, -0.2) is 48.9 Å². The average Bonchev–Trinajstić information content (AvgIpc) is 3.16. The number of likely N-dealkylation sites (N-methyl/N-ethyl adjacent to an activating group) is 1. The van der Waals surface area contributed by atoms with Gasteiger partial charge in [-0.2, -0.15) is 0 Å². The zero-order valence-electron chi connectivity index (χ0n) is 16.0. The average molecular weight is 364 g/mol. The normalized spacial score (nSPS) is 17.7. The van der Waals surface area contributed by atoms with E-state index in [-0.39, 0.29) is 5.91 Å². The van der Waals surface area contributed by atoms with Gasteiger partial charge in [0.05, 0.1) is 0 Å². The van der Waals surface area contributed by atoms with Crippen LogP contribution in [-0.2, 0) is 26.2 Å². The highest BCUT2D eigenvalue weighted by atomic mass is 16.1. The molecular weight excluding hydrogens is 336 g/mol. The molecule has 0 radical (unpaired) electrons. The number of hydrogen-bond donors (Lipinski definition) is 2. The van der Waals surface area contributed by atoms with E-state index in [1.54, 1.807) is 0 Å². The fourth-order valence-electron chi connectivity index (χ4n) is 3.77. The number of benzene rings is 2. The van der Waals surface area contributed by atoms with Crippen molar-refractivity contribution < 1.29 is 4.79 Å². The molecule has 0 saturated carbocycles. The van der Waals surface area contributed by atoms with Crippen molar-refractivity contribution in [1.82, 2.24) is 20.4 Å². The van der Waals surface area contributed by atoms with Crippen molar-refractivity contribution in [3.05, 3.63) is 70.3 Å². The molecule has 2 aliphatic rings. The van der Waals surface area contributed by atoms with Crippen molar-refractivity contribution >= 4 is 5.91 Å². The predicted molar refractivity (Wildman–Crippen MR) is 107 cm³/mol. The summed E-state index contributed by atoms with van der Waals surface area (Å²) in [6, 6.07) is 14.5. The van der Waals surface area contributed by atoms with Crippen LogP contribution in [0.3, 0.4) is 0 Å². The standard InChI is InChI=1S/C22H28N4O/c1-25-8-10-26(11-9-25)16-17-2-5-19(6-3-17)22(27)24-13-18-4-7-20-14-23-15-21(20)12-18/h2-7,12,23H,8-11,13-16H2,1H3,(H,24,27). The molecule has 0 bridgehead atoms. The summed E-state index contributed by atoms with van der Waals surface area (Å²) in [4.78, 5) is 17.3. The van der Waals surface area contributed by atoms with E-state index in [9.17, 15) is 4.79 Å². The number of hydrogen-bond acceptors (Lipinski definition) is 4. The quantitative estimate of drug-likeness (QED) is 0.852. The zero-order valence-corrected chi connectivity index (χ0v) is 16.0. The fraction of sp³-hybridized carbons (Fsp3) is 0.409. The molecule has 142 valence electrons. The van der Waals surface area contributed by atoms with E-state index in [2.05, 4.69) is 57.8 Å². The minimum atomic E-state index is -0.0141. The molecule has 4 rings (SSSR count). The smallest absolute Gasteiger partial charge is 0.251 e. The molecule has 0 spiro atoms. The van der Waals surface area contributed by atoms with E-state index < -0.39 is 0 Å². The molecule has 5 heteroatoms. The molecule has 27 heavy (non-hydrogen) atoms.